The second-order valence-corrected chi connectivity index (χ2v) is 12.5. The van der Waals surface area contributed by atoms with Crippen molar-refractivity contribution in [1.82, 2.24) is 20.3 Å². The summed E-state index contributed by atoms with van der Waals surface area (Å²) in [6, 6.07) is 11.3. The van der Waals surface area contributed by atoms with E-state index in [0.717, 1.165) is 34.6 Å². The van der Waals surface area contributed by atoms with Crippen LogP contribution in [0, 0.1) is 0 Å². The molecule has 4 rings (SSSR count). The smallest absolute Gasteiger partial charge is 0.408 e. The van der Waals surface area contributed by atoms with Crippen LogP contribution >= 0.6 is 0 Å². The number of nitrogens with zero attached hydrogens (tertiary/aromatic N) is 5. The van der Waals surface area contributed by atoms with Crippen molar-refractivity contribution in [1.29, 1.82) is 0 Å². The molecule has 0 spiro atoms. The van der Waals surface area contributed by atoms with Crippen molar-refractivity contribution in [3.8, 4) is 11.5 Å². The number of carbonyl (C=O) groups excluding carboxylic acids is 1. The summed E-state index contributed by atoms with van der Waals surface area (Å²) in [6.07, 6.45) is 2.26. The standard InChI is InChI=1S/C32H44N6O6/c1-31(2,3)44-30(40)36-32(4,5)20-43-19-24(39)18-38(23-11-25(41-7)14-26(12-23)42-8)22-9-10-27-28(13-22)35-29(16-33-27)21-15-34-37(6)17-21/h9-16,21,24,39H,17-20H2,1-8H3,(H,36,40). The number of likely N-dealkylation sites (N-methyl/N-ethyl adjacent to an activating group) is 1. The lowest BCUT2D eigenvalue weighted by Crippen LogP contribution is -2.49. The third-order valence-corrected chi connectivity index (χ3v) is 6.79. The molecule has 3 aromatic rings. The summed E-state index contributed by atoms with van der Waals surface area (Å²) in [7, 11) is 5.11. The Kier molecular flexibility index (Phi) is 10.2. The Morgan fingerprint density at radius 3 is 2.39 bits per heavy atom. The predicted octanol–water partition coefficient (Wildman–Crippen LogP) is 4.48. The highest BCUT2D eigenvalue weighted by molar-refractivity contribution is 5.82. The molecule has 2 atom stereocenters. The average Bonchev–Trinajstić information content (AvgIpc) is 3.39. The number of benzene rings is 2. The fourth-order valence-corrected chi connectivity index (χ4v) is 4.74. The fraction of sp³-hybridized carbons (Fsp3) is 0.500. The first-order chi connectivity index (χ1) is 20.7. The van der Waals surface area contributed by atoms with Crippen LogP contribution in [0.25, 0.3) is 11.0 Å². The van der Waals surface area contributed by atoms with Crippen molar-refractivity contribution in [3.05, 3.63) is 48.3 Å². The summed E-state index contributed by atoms with van der Waals surface area (Å²) in [4.78, 5) is 23.8. The van der Waals surface area contributed by atoms with Gasteiger partial charge in [0.1, 0.15) is 17.1 Å². The molecule has 2 N–H and O–H groups in total. The van der Waals surface area contributed by atoms with Gasteiger partial charge in [0.05, 0.1) is 68.3 Å². The van der Waals surface area contributed by atoms with Crippen LogP contribution < -0.4 is 19.7 Å². The van der Waals surface area contributed by atoms with Crippen molar-refractivity contribution in [2.45, 2.75) is 57.8 Å². The van der Waals surface area contributed by atoms with Crippen molar-refractivity contribution in [2.75, 3.05) is 52.5 Å². The molecule has 238 valence electrons. The first-order valence-electron chi connectivity index (χ1n) is 14.5. The minimum absolute atomic E-state index is 0.0309. The largest absolute Gasteiger partial charge is 0.497 e. The number of methoxy groups -OCH3 is 2. The number of rotatable bonds is 12. The predicted molar refractivity (Wildman–Crippen MR) is 170 cm³/mol. The van der Waals surface area contributed by atoms with Gasteiger partial charge in [0, 0.05) is 55.6 Å². The van der Waals surface area contributed by atoms with E-state index in [2.05, 4.69) is 15.4 Å². The van der Waals surface area contributed by atoms with E-state index in [1.807, 2.05) is 67.4 Å². The number of anilines is 2. The molecule has 1 aromatic heterocycles. The Balaban J connectivity index is 1.55. The molecule has 1 amide bonds. The van der Waals surface area contributed by atoms with Crippen molar-refractivity contribution >= 4 is 34.7 Å². The van der Waals surface area contributed by atoms with E-state index in [4.69, 9.17) is 23.9 Å². The van der Waals surface area contributed by atoms with Gasteiger partial charge in [-0.15, -0.1) is 0 Å². The monoisotopic (exact) mass is 608 g/mol. The molecule has 1 aliphatic heterocycles. The Bertz CT molecular complexity index is 1450. The number of fused-ring (bicyclic) bond motifs is 1. The van der Waals surface area contributed by atoms with E-state index in [-0.39, 0.29) is 25.7 Å². The first kappa shape index (κ1) is 32.7. The molecule has 0 aliphatic carbocycles. The number of aliphatic hydroxyl groups excluding tert-OH is 1. The summed E-state index contributed by atoms with van der Waals surface area (Å²) in [6.45, 7) is 10.2. The number of ether oxygens (including phenoxy) is 4. The number of amides is 1. The van der Waals surface area contributed by atoms with Gasteiger partial charge in [-0.2, -0.15) is 5.10 Å². The van der Waals surface area contributed by atoms with Gasteiger partial charge in [-0.05, 0) is 52.8 Å². The molecule has 12 nitrogen and oxygen atoms in total. The molecular formula is C32H44N6O6. The molecule has 2 aromatic carbocycles. The van der Waals surface area contributed by atoms with Crippen molar-refractivity contribution in [2.24, 2.45) is 5.10 Å². The van der Waals surface area contributed by atoms with Gasteiger partial charge in [0.15, 0.2) is 0 Å². The van der Waals surface area contributed by atoms with Gasteiger partial charge in [0.2, 0.25) is 0 Å². The molecule has 0 radical (unpaired) electrons. The zero-order chi connectivity index (χ0) is 32.1. The van der Waals surface area contributed by atoms with Crippen LogP contribution in [0.5, 0.6) is 11.5 Å². The lowest BCUT2D eigenvalue weighted by molar-refractivity contribution is 0.00954. The third kappa shape index (κ3) is 8.93. The number of hydrazone groups is 1. The van der Waals surface area contributed by atoms with E-state index in [0.29, 0.717) is 11.5 Å². The minimum Gasteiger partial charge on any atom is -0.497 e. The Hall–Kier alpha value is -4.16. The van der Waals surface area contributed by atoms with Gasteiger partial charge in [0.25, 0.3) is 0 Å². The summed E-state index contributed by atoms with van der Waals surface area (Å²) in [5, 5.41) is 20.2. The van der Waals surface area contributed by atoms with Crippen molar-refractivity contribution < 1.29 is 28.8 Å². The van der Waals surface area contributed by atoms with Crippen LogP contribution in [0.1, 0.15) is 46.2 Å². The van der Waals surface area contributed by atoms with Gasteiger partial charge in [-0.25, -0.2) is 9.78 Å². The maximum Gasteiger partial charge on any atom is 0.408 e. The lowest BCUT2D eigenvalue weighted by Gasteiger charge is -2.30. The SMILES string of the molecule is COc1cc(OC)cc(N(CC(O)COCC(C)(C)NC(=O)OC(C)(C)C)c2ccc3ncc(C4C=NN(C)C4)nc3c2)c1. The van der Waals surface area contributed by atoms with Gasteiger partial charge >= 0.3 is 6.09 Å². The van der Waals surface area contributed by atoms with E-state index < -0.39 is 23.3 Å². The Labute approximate surface area is 259 Å². The normalized spacial score (nSPS) is 15.8. The quantitative estimate of drug-likeness (QED) is 0.303. The molecule has 12 heteroatoms. The summed E-state index contributed by atoms with van der Waals surface area (Å²) >= 11 is 0. The topological polar surface area (TPSA) is 131 Å². The second kappa shape index (κ2) is 13.6. The highest BCUT2D eigenvalue weighted by Gasteiger charge is 2.26. The molecule has 44 heavy (non-hydrogen) atoms. The van der Waals surface area contributed by atoms with E-state index in [9.17, 15) is 9.90 Å². The van der Waals surface area contributed by atoms with Gasteiger partial charge < -0.3 is 34.3 Å². The highest BCUT2D eigenvalue weighted by Crippen LogP contribution is 2.34. The molecule has 1 aliphatic rings. The lowest BCUT2D eigenvalue weighted by atomic mass is 10.1. The number of aliphatic hydroxyl groups is 1. The minimum atomic E-state index is -0.886. The maximum atomic E-state index is 12.3. The van der Waals surface area contributed by atoms with Crippen LogP contribution in [-0.2, 0) is 9.47 Å². The summed E-state index contributed by atoms with van der Waals surface area (Å²) < 4.78 is 22.3. The third-order valence-electron chi connectivity index (χ3n) is 6.79. The molecular weight excluding hydrogens is 564 g/mol. The zero-order valence-corrected chi connectivity index (χ0v) is 26.8. The number of nitrogens with one attached hydrogen (secondary N) is 1. The number of aromatic nitrogens is 2. The molecule has 0 saturated heterocycles. The average molecular weight is 609 g/mol. The number of alkyl carbamates (subject to hydrolysis) is 1. The molecule has 2 heterocycles. The number of hydrogen-bond acceptors (Lipinski definition) is 11. The van der Waals surface area contributed by atoms with Crippen LogP contribution in [-0.4, -0.2) is 97.2 Å². The first-order valence-corrected chi connectivity index (χ1v) is 14.5. The highest BCUT2D eigenvalue weighted by atomic mass is 16.6. The van der Waals surface area contributed by atoms with Gasteiger partial charge in [-0.3, -0.25) is 9.99 Å². The van der Waals surface area contributed by atoms with E-state index in [1.54, 1.807) is 47.3 Å². The summed E-state index contributed by atoms with van der Waals surface area (Å²) in [5.74, 6) is 1.28. The Morgan fingerprint density at radius 1 is 1.07 bits per heavy atom. The fourth-order valence-electron chi connectivity index (χ4n) is 4.74. The molecule has 0 fully saturated rings. The van der Waals surface area contributed by atoms with Crippen LogP contribution in [0.4, 0.5) is 16.2 Å². The zero-order valence-electron chi connectivity index (χ0n) is 26.8. The maximum absolute atomic E-state index is 12.3. The number of carbonyl (C=O) groups is 1. The molecule has 0 bridgehead atoms. The summed E-state index contributed by atoms with van der Waals surface area (Å²) in [5.41, 5.74) is 2.54. The van der Waals surface area contributed by atoms with Crippen LogP contribution in [0.2, 0.25) is 0 Å². The second-order valence-electron chi connectivity index (χ2n) is 12.5. The molecule has 0 saturated carbocycles. The van der Waals surface area contributed by atoms with E-state index >= 15 is 0 Å². The van der Waals surface area contributed by atoms with Crippen LogP contribution in [0.15, 0.2) is 47.7 Å². The number of hydrogen-bond donors (Lipinski definition) is 2. The van der Waals surface area contributed by atoms with Gasteiger partial charge in [-0.1, -0.05) is 0 Å². The Morgan fingerprint density at radius 2 is 1.77 bits per heavy atom. The van der Waals surface area contributed by atoms with Crippen molar-refractivity contribution in [3.63, 3.8) is 0 Å². The van der Waals surface area contributed by atoms with Crippen LogP contribution in [0.3, 0.4) is 0 Å². The van der Waals surface area contributed by atoms with E-state index in [1.165, 1.54) is 0 Å². The molecule has 2 unspecified atom stereocenters.